The zero-order chi connectivity index (χ0) is 18.3. The standard InChI is InChI=1S/C19H17ClFN3OS/c1-12-4-2-7-15-17(12)22-19(26-15)24-10-8-23(9-11-24)18(25)16-13(20)5-3-6-14(16)21/h2-7H,8-11H2,1H3. The van der Waals surface area contributed by atoms with Gasteiger partial charge in [-0.3, -0.25) is 4.79 Å². The number of benzene rings is 2. The summed E-state index contributed by atoms with van der Waals surface area (Å²) in [7, 11) is 0. The minimum Gasteiger partial charge on any atom is -0.345 e. The highest BCUT2D eigenvalue weighted by Gasteiger charge is 2.27. The summed E-state index contributed by atoms with van der Waals surface area (Å²) in [6.07, 6.45) is 0. The molecule has 0 atom stereocenters. The number of halogens is 2. The first kappa shape index (κ1) is 17.2. The van der Waals surface area contributed by atoms with Gasteiger partial charge in [-0.05, 0) is 30.7 Å². The molecule has 4 rings (SSSR count). The first-order valence-corrected chi connectivity index (χ1v) is 9.58. The molecule has 1 fully saturated rings. The van der Waals surface area contributed by atoms with Crippen LogP contribution in [0.15, 0.2) is 36.4 Å². The highest BCUT2D eigenvalue weighted by atomic mass is 35.5. The van der Waals surface area contributed by atoms with Crippen molar-refractivity contribution in [3.8, 4) is 0 Å². The van der Waals surface area contributed by atoms with Crippen LogP contribution in [0.3, 0.4) is 0 Å². The molecule has 0 aliphatic carbocycles. The maximum Gasteiger partial charge on any atom is 0.258 e. The first-order chi connectivity index (χ1) is 12.5. The predicted molar refractivity (Wildman–Crippen MR) is 104 cm³/mol. The second-order valence-electron chi connectivity index (χ2n) is 6.29. The zero-order valence-electron chi connectivity index (χ0n) is 14.2. The molecule has 0 saturated carbocycles. The highest BCUT2D eigenvalue weighted by molar-refractivity contribution is 7.22. The van der Waals surface area contributed by atoms with Gasteiger partial charge in [0.05, 0.1) is 20.8 Å². The molecular formula is C19H17ClFN3OS. The predicted octanol–water partition coefficient (Wildman–Crippen LogP) is 4.36. The number of nitrogens with zero attached hydrogens (tertiary/aromatic N) is 3. The van der Waals surface area contributed by atoms with Gasteiger partial charge in [-0.1, -0.05) is 41.1 Å². The lowest BCUT2D eigenvalue weighted by molar-refractivity contribution is 0.0742. The van der Waals surface area contributed by atoms with Crippen LogP contribution < -0.4 is 4.90 Å². The minimum absolute atomic E-state index is 0.0433. The number of fused-ring (bicyclic) bond motifs is 1. The number of thiazole rings is 1. The van der Waals surface area contributed by atoms with Crippen LogP contribution in [0.5, 0.6) is 0 Å². The molecule has 0 N–H and O–H groups in total. The SMILES string of the molecule is Cc1cccc2sc(N3CCN(C(=O)c4c(F)cccc4Cl)CC3)nc12. The monoisotopic (exact) mass is 389 g/mol. The van der Waals surface area contributed by atoms with Crippen molar-refractivity contribution in [1.82, 2.24) is 9.88 Å². The van der Waals surface area contributed by atoms with Gasteiger partial charge in [0.1, 0.15) is 5.82 Å². The second-order valence-corrected chi connectivity index (χ2v) is 7.71. The average molecular weight is 390 g/mol. The molecule has 0 unspecified atom stereocenters. The lowest BCUT2D eigenvalue weighted by atomic mass is 10.1. The molecule has 134 valence electrons. The van der Waals surface area contributed by atoms with Crippen molar-refractivity contribution in [3.05, 3.63) is 58.4 Å². The molecule has 1 amide bonds. The Bertz CT molecular complexity index is 962. The number of rotatable bonds is 2. The van der Waals surface area contributed by atoms with Crippen molar-refractivity contribution < 1.29 is 9.18 Å². The Kier molecular flexibility index (Phi) is 4.54. The molecule has 4 nitrogen and oxygen atoms in total. The van der Waals surface area contributed by atoms with E-state index in [0.717, 1.165) is 20.9 Å². The summed E-state index contributed by atoms with van der Waals surface area (Å²) in [4.78, 5) is 21.2. The van der Waals surface area contributed by atoms with Crippen LogP contribution in [0, 0.1) is 12.7 Å². The number of amides is 1. The third-order valence-electron chi connectivity index (χ3n) is 4.62. The Morgan fingerprint density at radius 2 is 1.88 bits per heavy atom. The third kappa shape index (κ3) is 3.04. The lowest BCUT2D eigenvalue weighted by Gasteiger charge is -2.34. The Labute approximate surface area is 159 Å². The first-order valence-electron chi connectivity index (χ1n) is 8.39. The van der Waals surface area contributed by atoms with Crippen molar-refractivity contribution in [2.45, 2.75) is 6.92 Å². The summed E-state index contributed by atoms with van der Waals surface area (Å²) in [5.74, 6) is -0.931. The zero-order valence-corrected chi connectivity index (χ0v) is 15.8. The van der Waals surface area contributed by atoms with Gasteiger partial charge >= 0.3 is 0 Å². The number of piperazine rings is 1. The fourth-order valence-corrected chi connectivity index (χ4v) is 4.51. The number of para-hydroxylation sites is 1. The number of hydrogen-bond acceptors (Lipinski definition) is 4. The van der Waals surface area contributed by atoms with Crippen molar-refractivity contribution in [2.75, 3.05) is 31.1 Å². The van der Waals surface area contributed by atoms with E-state index in [4.69, 9.17) is 16.6 Å². The Hall–Kier alpha value is -2.18. The Morgan fingerprint density at radius 1 is 1.15 bits per heavy atom. The van der Waals surface area contributed by atoms with Gasteiger partial charge in [-0.25, -0.2) is 9.37 Å². The fourth-order valence-electron chi connectivity index (χ4n) is 3.17. The van der Waals surface area contributed by atoms with Crippen molar-refractivity contribution in [2.24, 2.45) is 0 Å². The molecule has 2 heterocycles. The van der Waals surface area contributed by atoms with E-state index in [0.29, 0.717) is 26.2 Å². The number of carbonyl (C=O) groups is 1. The van der Waals surface area contributed by atoms with Crippen LogP contribution in [0.4, 0.5) is 9.52 Å². The van der Waals surface area contributed by atoms with Gasteiger partial charge in [-0.2, -0.15) is 0 Å². The summed E-state index contributed by atoms with van der Waals surface area (Å²) in [6, 6.07) is 10.5. The summed E-state index contributed by atoms with van der Waals surface area (Å²) in [5, 5.41) is 1.12. The summed E-state index contributed by atoms with van der Waals surface area (Å²) >= 11 is 7.68. The van der Waals surface area contributed by atoms with Crippen LogP contribution in [0.2, 0.25) is 5.02 Å². The molecule has 1 saturated heterocycles. The van der Waals surface area contributed by atoms with E-state index in [9.17, 15) is 9.18 Å². The summed E-state index contributed by atoms with van der Waals surface area (Å²) < 4.78 is 15.2. The molecule has 26 heavy (non-hydrogen) atoms. The van der Waals surface area contributed by atoms with E-state index >= 15 is 0 Å². The Balaban J connectivity index is 1.50. The Morgan fingerprint density at radius 3 is 2.58 bits per heavy atom. The quantitative estimate of drug-likeness (QED) is 0.653. The molecule has 1 aliphatic rings. The number of aromatic nitrogens is 1. The van der Waals surface area contributed by atoms with Crippen LogP contribution in [0.1, 0.15) is 15.9 Å². The molecular weight excluding hydrogens is 373 g/mol. The van der Waals surface area contributed by atoms with Gasteiger partial charge in [0.2, 0.25) is 0 Å². The van der Waals surface area contributed by atoms with Crippen LogP contribution >= 0.6 is 22.9 Å². The van der Waals surface area contributed by atoms with E-state index < -0.39 is 5.82 Å². The lowest BCUT2D eigenvalue weighted by Crippen LogP contribution is -2.49. The maximum absolute atomic E-state index is 14.0. The molecule has 7 heteroatoms. The number of hydrogen-bond donors (Lipinski definition) is 0. The van der Waals surface area contributed by atoms with Gasteiger partial charge in [0.25, 0.3) is 5.91 Å². The number of carbonyl (C=O) groups excluding carboxylic acids is 1. The highest BCUT2D eigenvalue weighted by Crippen LogP contribution is 2.31. The van der Waals surface area contributed by atoms with Gasteiger partial charge in [0, 0.05) is 26.2 Å². The van der Waals surface area contributed by atoms with Crippen molar-refractivity contribution in [3.63, 3.8) is 0 Å². The minimum atomic E-state index is -0.577. The largest absolute Gasteiger partial charge is 0.345 e. The molecule has 0 spiro atoms. The van der Waals surface area contributed by atoms with E-state index in [-0.39, 0.29) is 16.5 Å². The smallest absolute Gasteiger partial charge is 0.258 e. The topological polar surface area (TPSA) is 36.4 Å². The van der Waals surface area contributed by atoms with E-state index in [1.807, 2.05) is 6.07 Å². The third-order valence-corrected chi connectivity index (χ3v) is 6.02. The van der Waals surface area contributed by atoms with E-state index in [1.54, 1.807) is 16.2 Å². The molecule has 3 aromatic rings. The van der Waals surface area contributed by atoms with Gasteiger partial charge < -0.3 is 9.80 Å². The molecule has 1 aliphatic heterocycles. The van der Waals surface area contributed by atoms with Crippen molar-refractivity contribution in [1.29, 1.82) is 0 Å². The van der Waals surface area contributed by atoms with Gasteiger partial charge in [0.15, 0.2) is 5.13 Å². The van der Waals surface area contributed by atoms with Gasteiger partial charge in [-0.15, -0.1) is 0 Å². The van der Waals surface area contributed by atoms with Crippen molar-refractivity contribution >= 4 is 44.2 Å². The van der Waals surface area contributed by atoms with Crippen LogP contribution in [0.25, 0.3) is 10.2 Å². The molecule has 1 aromatic heterocycles. The summed E-state index contributed by atoms with van der Waals surface area (Å²) in [6.45, 7) is 4.41. The molecule has 2 aromatic carbocycles. The molecule has 0 radical (unpaired) electrons. The fraction of sp³-hybridized carbons (Fsp3) is 0.263. The van der Waals surface area contributed by atoms with Crippen LogP contribution in [-0.2, 0) is 0 Å². The second kappa shape index (κ2) is 6.85. The maximum atomic E-state index is 14.0. The van der Waals surface area contributed by atoms with E-state index in [1.165, 1.54) is 18.2 Å². The average Bonchev–Trinajstić information content (AvgIpc) is 3.07. The van der Waals surface area contributed by atoms with Crippen LogP contribution in [-0.4, -0.2) is 42.0 Å². The molecule has 0 bridgehead atoms. The number of anilines is 1. The normalized spacial score (nSPS) is 14.9. The number of aryl methyl sites for hydroxylation is 1. The van der Waals surface area contributed by atoms with E-state index in [2.05, 4.69) is 24.0 Å². The summed E-state index contributed by atoms with van der Waals surface area (Å²) in [5.41, 5.74) is 2.15.